The molecule has 1 aliphatic rings. The van der Waals surface area contributed by atoms with Gasteiger partial charge in [-0.05, 0) is 80.0 Å². The molecule has 2 unspecified atom stereocenters. The summed E-state index contributed by atoms with van der Waals surface area (Å²) in [6.45, 7) is 8.09. The third-order valence-electron chi connectivity index (χ3n) is 7.97. The van der Waals surface area contributed by atoms with E-state index < -0.39 is 5.60 Å². The smallest absolute Gasteiger partial charge is 0.410 e. The van der Waals surface area contributed by atoms with Crippen LogP contribution in [0.5, 0.6) is 0 Å². The highest BCUT2D eigenvalue weighted by Gasteiger charge is 2.35. The molecule has 0 radical (unpaired) electrons. The SMILES string of the molecule is CN(CCCCc1ccccc1)c1ncc(C2CCN(C(=O)OC(C)(C)C)CC2OCc2ccc3ccccc3c2)cn1. The molecular formula is C36H44N4O3. The van der Waals surface area contributed by atoms with Crippen molar-refractivity contribution in [3.05, 3.63) is 102 Å². The summed E-state index contributed by atoms with van der Waals surface area (Å²) < 4.78 is 12.2. The lowest BCUT2D eigenvalue weighted by atomic mass is 9.88. The Morgan fingerprint density at radius 1 is 0.930 bits per heavy atom. The fraction of sp³-hybridized carbons (Fsp3) is 0.417. The first-order chi connectivity index (χ1) is 20.7. The number of likely N-dealkylation sites (tertiary alicyclic amines) is 1. The van der Waals surface area contributed by atoms with E-state index in [-0.39, 0.29) is 18.1 Å². The minimum absolute atomic E-state index is 0.0735. The van der Waals surface area contributed by atoms with Crippen LogP contribution in [0.4, 0.5) is 10.7 Å². The molecule has 0 saturated carbocycles. The van der Waals surface area contributed by atoms with Gasteiger partial charge in [-0.3, -0.25) is 0 Å². The van der Waals surface area contributed by atoms with Crippen molar-refractivity contribution in [2.75, 3.05) is 31.6 Å². The Morgan fingerprint density at radius 2 is 1.65 bits per heavy atom. The van der Waals surface area contributed by atoms with Crippen molar-refractivity contribution in [1.82, 2.24) is 14.9 Å². The maximum atomic E-state index is 12.9. The minimum atomic E-state index is -0.549. The Hall–Kier alpha value is -3.97. The molecule has 0 bridgehead atoms. The summed E-state index contributed by atoms with van der Waals surface area (Å²) in [5.74, 6) is 0.799. The molecule has 1 aromatic heterocycles. The van der Waals surface area contributed by atoms with E-state index in [4.69, 9.17) is 19.4 Å². The molecule has 7 nitrogen and oxygen atoms in total. The highest BCUT2D eigenvalue weighted by molar-refractivity contribution is 5.82. The molecule has 43 heavy (non-hydrogen) atoms. The van der Waals surface area contributed by atoms with Crippen LogP contribution in [0, 0.1) is 0 Å². The summed E-state index contributed by atoms with van der Waals surface area (Å²) in [6, 6.07) is 25.4. The number of aromatic nitrogens is 2. The quantitative estimate of drug-likeness (QED) is 0.182. The number of amides is 1. The van der Waals surface area contributed by atoms with Crippen LogP contribution < -0.4 is 4.90 Å². The lowest BCUT2D eigenvalue weighted by Crippen LogP contribution is -2.48. The van der Waals surface area contributed by atoms with Crippen LogP contribution in [-0.4, -0.2) is 59.3 Å². The molecule has 1 amide bonds. The topological polar surface area (TPSA) is 67.8 Å². The Morgan fingerprint density at radius 3 is 2.40 bits per heavy atom. The molecule has 2 atom stereocenters. The molecule has 1 fully saturated rings. The van der Waals surface area contributed by atoms with Gasteiger partial charge in [0.25, 0.3) is 0 Å². The van der Waals surface area contributed by atoms with Gasteiger partial charge in [-0.25, -0.2) is 14.8 Å². The molecule has 0 aliphatic carbocycles. The van der Waals surface area contributed by atoms with Crippen molar-refractivity contribution >= 4 is 22.8 Å². The number of hydrogen-bond acceptors (Lipinski definition) is 6. The number of piperidine rings is 1. The monoisotopic (exact) mass is 580 g/mol. The van der Waals surface area contributed by atoms with Crippen molar-refractivity contribution in [2.45, 2.75) is 70.7 Å². The maximum absolute atomic E-state index is 12.9. The molecule has 7 heteroatoms. The molecule has 4 aromatic rings. The summed E-state index contributed by atoms with van der Waals surface area (Å²) in [5.41, 5.74) is 2.97. The molecule has 5 rings (SSSR count). The third kappa shape index (κ3) is 8.54. The summed E-state index contributed by atoms with van der Waals surface area (Å²) in [7, 11) is 2.05. The number of carbonyl (C=O) groups excluding carboxylic acids is 1. The van der Waals surface area contributed by atoms with Gasteiger partial charge in [0.1, 0.15) is 5.60 Å². The Balaban J connectivity index is 1.23. The second kappa shape index (κ2) is 14.0. The lowest BCUT2D eigenvalue weighted by Gasteiger charge is -2.39. The van der Waals surface area contributed by atoms with E-state index >= 15 is 0 Å². The van der Waals surface area contributed by atoms with Gasteiger partial charge in [0.05, 0.1) is 19.3 Å². The molecule has 0 N–H and O–H groups in total. The number of ether oxygens (including phenoxy) is 2. The fourth-order valence-electron chi connectivity index (χ4n) is 5.63. The largest absolute Gasteiger partial charge is 0.444 e. The summed E-state index contributed by atoms with van der Waals surface area (Å²) in [4.78, 5) is 26.3. The molecule has 3 aromatic carbocycles. The van der Waals surface area contributed by atoms with Crippen molar-refractivity contribution in [3.63, 3.8) is 0 Å². The van der Waals surface area contributed by atoms with Crippen LogP contribution in [0.2, 0.25) is 0 Å². The first-order valence-corrected chi connectivity index (χ1v) is 15.4. The zero-order valence-corrected chi connectivity index (χ0v) is 25.9. The zero-order chi connectivity index (χ0) is 30.2. The molecule has 226 valence electrons. The molecule has 1 saturated heterocycles. The highest BCUT2D eigenvalue weighted by Crippen LogP contribution is 2.32. The van der Waals surface area contributed by atoms with E-state index in [2.05, 4.69) is 71.6 Å². The number of anilines is 1. The number of carbonyl (C=O) groups is 1. The summed E-state index contributed by atoms with van der Waals surface area (Å²) in [6.07, 6.45) is 7.38. The average molecular weight is 581 g/mol. The predicted octanol–water partition coefficient (Wildman–Crippen LogP) is 7.40. The molecular weight excluding hydrogens is 536 g/mol. The van der Waals surface area contributed by atoms with Gasteiger partial charge in [0, 0.05) is 38.4 Å². The number of unbranched alkanes of at least 4 members (excludes halogenated alkanes) is 1. The van der Waals surface area contributed by atoms with Crippen LogP contribution >= 0.6 is 0 Å². The van der Waals surface area contributed by atoms with Gasteiger partial charge in [-0.1, -0.05) is 66.7 Å². The van der Waals surface area contributed by atoms with E-state index in [0.717, 1.165) is 49.3 Å². The summed E-state index contributed by atoms with van der Waals surface area (Å²) in [5, 5.41) is 2.39. The van der Waals surface area contributed by atoms with Crippen molar-refractivity contribution in [1.29, 1.82) is 0 Å². The number of aryl methyl sites for hydroxylation is 1. The number of benzene rings is 3. The number of hydrogen-bond donors (Lipinski definition) is 0. The molecule has 1 aliphatic heterocycles. The van der Waals surface area contributed by atoms with Gasteiger partial charge in [-0.15, -0.1) is 0 Å². The van der Waals surface area contributed by atoms with Gasteiger partial charge in [-0.2, -0.15) is 0 Å². The first kappa shape index (κ1) is 30.5. The Kier molecular flexibility index (Phi) is 9.93. The van der Waals surface area contributed by atoms with E-state index in [0.29, 0.717) is 19.7 Å². The normalized spacial score (nSPS) is 17.2. The first-order valence-electron chi connectivity index (χ1n) is 15.4. The maximum Gasteiger partial charge on any atom is 0.410 e. The molecule has 2 heterocycles. The number of fused-ring (bicyclic) bond motifs is 1. The Bertz CT molecular complexity index is 1470. The number of nitrogens with zero attached hydrogens (tertiary/aromatic N) is 4. The molecule has 0 spiro atoms. The van der Waals surface area contributed by atoms with Crippen LogP contribution in [0.15, 0.2) is 85.2 Å². The van der Waals surface area contributed by atoms with Crippen LogP contribution in [0.3, 0.4) is 0 Å². The van der Waals surface area contributed by atoms with Gasteiger partial charge >= 0.3 is 6.09 Å². The van der Waals surface area contributed by atoms with E-state index in [1.54, 1.807) is 4.90 Å². The lowest BCUT2D eigenvalue weighted by molar-refractivity contribution is -0.0360. The number of rotatable bonds is 10. The zero-order valence-electron chi connectivity index (χ0n) is 25.9. The average Bonchev–Trinajstić information content (AvgIpc) is 3.01. The second-order valence-corrected chi connectivity index (χ2v) is 12.5. The fourth-order valence-corrected chi connectivity index (χ4v) is 5.63. The van der Waals surface area contributed by atoms with E-state index in [9.17, 15) is 4.79 Å². The standard InChI is InChI=1S/C36H44N4O3/c1-36(2,3)43-35(41)40-21-19-32(33(25-40)42-26-28-17-18-29-15-8-9-16-30(29)22-28)31-23-37-34(38-24-31)39(4)20-11-10-14-27-12-6-5-7-13-27/h5-9,12-13,15-18,22-24,32-33H,10-11,14,19-21,25-26H2,1-4H3. The highest BCUT2D eigenvalue weighted by atomic mass is 16.6. The second-order valence-electron chi connectivity index (χ2n) is 12.5. The summed E-state index contributed by atoms with van der Waals surface area (Å²) >= 11 is 0. The van der Waals surface area contributed by atoms with Crippen molar-refractivity contribution in [3.8, 4) is 0 Å². The van der Waals surface area contributed by atoms with Crippen molar-refractivity contribution < 1.29 is 14.3 Å². The van der Waals surface area contributed by atoms with Crippen LogP contribution in [-0.2, 0) is 22.5 Å². The van der Waals surface area contributed by atoms with Crippen molar-refractivity contribution in [2.24, 2.45) is 0 Å². The van der Waals surface area contributed by atoms with Crippen LogP contribution in [0.25, 0.3) is 10.8 Å². The van der Waals surface area contributed by atoms with Gasteiger partial charge in [0.15, 0.2) is 0 Å². The van der Waals surface area contributed by atoms with E-state index in [1.807, 2.05) is 46.3 Å². The van der Waals surface area contributed by atoms with Crippen LogP contribution in [0.1, 0.15) is 62.6 Å². The Labute approximate surface area is 255 Å². The minimum Gasteiger partial charge on any atom is -0.444 e. The third-order valence-corrected chi connectivity index (χ3v) is 7.97. The van der Waals surface area contributed by atoms with Gasteiger partial charge in [0.2, 0.25) is 5.95 Å². The van der Waals surface area contributed by atoms with Gasteiger partial charge < -0.3 is 19.3 Å². The predicted molar refractivity (Wildman–Crippen MR) is 172 cm³/mol. The van der Waals surface area contributed by atoms with E-state index in [1.165, 1.54) is 16.3 Å².